The molecule has 2 nitrogen and oxygen atoms in total. The molecule has 1 radical (unpaired) electrons. The molecule has 2 heteroatoms. The normalized spacial score (nSPS) is 18.2. The molecule has 1 atom stereocenters. The highest BCUT2D eigenvalue weighted by molar-refractivity contribution is 5.14. The van der Waals surface area contributed by atoms with E-state index in [1.807, 2.05) is 6.61 Å². The molecule has 0 aromatic heterocycles. The van der Waals surface area contributed by atoms with E-state index in [1.54, 1.807) is 0 Å². The Bertz CT molecular complexity index is 293. The zero-order valence-corrected chi connectivity index (χ0v) is 10.3. The smallest absolute Gasteiger partial charge is 0.104 e. The molecular formula is C15H21O2. The van der Waals surface area contributed by atoms with Crippen molar-refractivity contribution < 1.29 is 9.47 Å². The number of rotatable bonds is 9. The molecule has 0 spiro atoms. The maximum atomic E-state index is 5.37. The van der Waals surface area contributed by atoms with E-state index in [9.17, 15) is 0 Å². The van der Waals surface area contributed by atoms with Crippen LogP contribution in [0, 0.1) is 6.61 Å². The Morgan fingerprint density at radius 1 is 1.18 bits per heavy atom. The molecule has 1 aromatic carbocycles. The molecule has 17 heavy (non-hydrogen) atoms. The highest BCUT2D eigenvalue weighted by Gasteiger charge is 2.21. The lowest BCUT2D eigenvalue weighted by Crippen LogP contribution is -1.98. The minimum absolute atomic E-state index is 0.379. The first-order valence-electron chi connectivity index (χ1n) is 6.54. The molecule has 0 saturated carbocycles. The SMILES string of the molecule is [CH](CCCCCc1ccccc1)OCC1CO1. The van der Waals surface area contributed by atoms with Crippen molar-refractivity contribution in [1.82, 2.24) is 0 Å². The fourth-order valence-electron chi connectivity index (χ4n) is 1.80. The van der Waals surface area contributed by atoms with E-state index in [-0.39, 0.29) is 0 Å². The van der Waals surface area contributed by atoms with E-state index in [4.69, 9.17) is 9.47 Å². The predicted molar refractivity (Wildman–Crippen MR) is 68.6 cm³/mol. The summed E-state index contributed by atoms with van der Waals surface area (Å²) in [6.45, 7) is 3.55. The van der Waals surface area contributed by atoms with Gasteiger partial charge in [-0.2, -0.15) is 0 Å². The standard InChI is InChI=1S/C15H21O2/c1(2-7-11-16-12-15-13-17-15)4-8-14-9-5-3-6-10-14/h3,5-6,9-11,15H,1-2,4,7-8,12-13H2. The first-order chi connectivity index (χ1) is 8.45. The van der Waals surface area contributed by atoms with Gasteiger partial charge in [-0.15, -0.1) is 0 Å². The minimum atomic E-state index is 0.379. The molecule has 1 aliphatic rings. The highest BCUT2D eigenvalue weighted by atomic mass is 16.6. The van der Waals surface area contributed by atoms with Crippen molar-refractivity contribution in [2.24, 2.45) is 0 Å². The second-order valence-corrected chi connectivity index (χ2v) is 4.54. The molecule has 1 aromatic rings. The zero-order valence-electron chi connectivity index (χ0n) is 10.3. The van der Waals surface area contributed by atoms with Gasteiger partial charge in [-0.05, 0) is 24.8 Å². The first-order valence-corrected chi connectivity index (χ1v) is 6.54. The quantitative estimate of drug-likeness (QED) is 0.482. The Balaban J connectivity index is 1.38. The maximum absolute atomic E-state index is 5.37. The minimum Gasteiger partial charge on any atom is -0.373 e. The van der Waals surface area contributed by atoms with E-state index in [2.05, 4.69) is 30.3 Å². The van der Waals surface area contributed by atoms with Gasteiger partial charge in [0, 0.05) is 0 Å². The van der Waals surface area contributed by atoms with Gasteiger partial charge in [0.15, 0.2) is 0 Å². The Hall–Kier alpha value is -0.860. The van der Waals surface area contributed by atoms with Gasteiger partial charge in [0.1, 0.15) is 6.10 Å². The summed E-state index contributed by atoms with van der Waals surface area (Å²) in [7, 11) is 0. The Morgan fingerprint density at radius 2 is 2.00 bits per heavy atom. The molecule has 1 aliphatic heterocycles. The van der Waals surface area contributed by atoms with Crippen LogP contribution in [0.15, 0.2) is 30.3 Å². The average Bonchev–Trinajstić information content (AvgIpc) is 3.18. The van der Waals surface area contributed by atoms with Crippen LogP contribution in [0.1, 0.15) is 31.2 Å². The van der Waals surface area contributed by atoms with Crippen molar-refractivity contribution in [2.45, 2.75) is 38.2 Å². The van der Waals surface area contributed by atoms with Gasteiger partial charge in [0.05, 0.1) is 19.8 Å². The average molecular weight is 233 g/mol. The summed E-state index contributed by atoms with van der Waals surface area (Å²) < 4.78 is 10.4. The summed E-state index contributed by atoms with van der Waals surface area (Å²) in [5.74, 6) is 0. The van der Waals surface area contributed by atoms with Crippen molar-refractivity contribution in [3.63, 3.8) is 0 Å². The number of benzene rings is 1. The summed E-state index contributed by atoms with van der Waals surface area (Å²) in [4.78, 5) is 0. The number of ether oxygens (including phenoxy) is 2. The predicted octanol–water partition coefficient (Wildman–Crippen LogP) is 3.37. The molecule has 0 aliphatic carbocycles. The largest absolute Gasteiger partial charge is 0.373 e. The monoisotopic (exact) mass is 233 g/mol. The lowest BCUT2D eigenvalue weighted by Gasteiger charge is -2.02. The second-order valence-electron chi connectivity index (χ2n) is 4.54. The summed E-state index contributed by atoms with van der Waals surface area (Å²) in [5, 5.41) is 0. The summed E-state index contributed by atoms with van der Waals surface area (Å²) in [5.41, 5.74) is 1.44. The lowest BCUT2D eigenvalue weighted by molar-refractivity contribution is 0.165. The van der Waals surface area contributed by atoms with E-state index < -0.39 is 0 Å². The van der Waals surface area contributed by atoms with Gasteiger partial charge >= 0.3 is 0 Å². The van der Waals surface area contributed by atoms with Crippen molar-refractivity contribution in [3.8, 4) is 0 Å². The van der Waals surface area contributed by atoms with Crippen molar-refractivity contribution >= 4 is 0 Å². The Morgan fingerprint density at radius 3 is 2.76 bits per heavy atom. The third-order valence-corrected chi connectivity index (χ3v) is 2.93. The van der Waals surface area contributed by atoms with E-state index >= 15 is 0 Å². The van der Waals surface area contributed by atoms with Gasteiger partial charge in [0.25, 0.3) is 0 Å². The van der Waals surface area contributed by atoms with E-state index in [0.717, 1.165) is 19.6 Å². The Kier molecular flexibility index (Phi) is 5.53. The zero-order chi connectivity index (χ0) is 11.8. The molecule has 1 saturated heterocycles. The first kappa shape index (κ1) is 12.6. The van der Waals surface area contributed by atoms with E-state index in [1.165, 1.54) is 31.2 Å². The number of epoxide rings is 1. The van der Waals surface area contributed by atoms with Gasteiger partial charge in [0.2, 0.25) is 0 Å². The fourth-order valence-corrected chi connectivity index (χ4v) is 1.80. The third kappa shape index (κ3) is 5.85. The summed E-state index contributed by atoms with van der Waals surface area (Å²) in [6.07, 6.45) is 6.39. The number of aryl methyl sites for hydroxylation is 1. The molecular weight excluding hydrogens is 212 g/mol. The van der Waals surface area contributed by atoms with Crippen LogP contribution in [-0.2, 0) is 15.9 Å². The molecule has 0 N–H and O–H groups in total. The van der Waals surface area contributed by atoms with Crippen LogP contribution in [0.5, 0.6) is 0 Å². The van der Waals surface area contributed by atoms with Gasteiger partial charge < -0.3 is 9.47 Å². The van der Waals surface area contributed by atoms with Crippen LogP contribution in [0.4, 0.5) is 0 Å². The van der Waals surface area contributed by atoms with Crippen LogP contribution in [0.2, 0.25) is 0 Å². The molecule has 93 valence electrons. The van der Waals surface area contributed by atoms with Gasteiger partial charge in [-0.25, -0.2) is 0 Å². The molecule has 1 heterocycles. The lowest BCUT2D eigenvalue weighted by atomic mass is 10.1. The number of hydrogen-bond acceptors (Lipinski definition) is 2. The summed E-state index contributed by atoms with van der Waals surface area (Å²) >= 11 is 0. The molecule has 0 amide bonds. The number of unbranched alkanes of at least 4 members (excludes halogenated alkanes) is 3. The summed E-state index contributed by atoms with van der Waals surface area (Å²) in [6, 6.07) is 10.7. The van der Waals surface area contributed by atoms with Crippen LogP contribution in [-0.4, -0.2) is 19.3 Å². The highest BCUT2D eigenvalue weighted by Crippen LogP contribution is 2.11. The fraction of sp³-hybridized carbons (Fsp3) is 0.533. The van der Waals surface area contributed by atoms with Crippen LogP contribution in [0.25, 0.3) is 0 Å². The van der Waals surface area contributed by atoms with Crippen LogP contribution >= 0.6 is 0 Å². The van der Waals surface area contributed by atoms with Gasteiger partial charge in [-0.1, -0.05) is 43.2 Å². The molecule has 1 unspecified atom stereocenters. The Labute approximate surface area is 104 Å². The molecule has 1 fully saturated rings. The van der Waals surface area contributed by atoms with Crippen LogP contribution < -0.4 is 0 Å². The van der Waals surface area contributed by atoms with Crippen LogP contribution in [0.3, 0.4) is 0 Å². The molecule has 2 rings (SSSR count). The van der Waals surface area contributed by atoms with Crippen molar-refractivity contribution in [3.05, 3.63) is 42.5 Å². The maximum Gasteiger partial charge on any atom is 0.104 e. The topological polar surface area (TPSA) is 21.8 Å². The second kappa shape index (κ2) is 7.46. The van der Waals surface area contributed by atoms with Crippen molar-refractivity contribution in [2.75, 3.05) is 13.2 Å². The van der Waals surface area contributed by atoms with Gasteiger partial charge in [-0.3, -0.25) is 0 Å². The number of hydrogen-bond donors (Lipinski definition) is 0. The van der Waals surface area contributed by atoms with E-state index in [0.29, 0.717) is 6.10 Å². The van der Waals surface area contributed by atoms with Crippen molar-refractivity contribution in [1.29, 1.82) is 0 Å². The third-order valence-electron chi connectivity index (χ3n) is 2.93. The molecule has 0 bridgehead atoms.